The van der Waals surface area contributed by atoms with Crippen LogP contribution in [-0.4, -0.2) is 0 Å². The second kappa shape index (κ2) is 27.2. The molecular formula is C112H70N2O2. The van der Waals surface area contributed by atoms with Gasteiger partial charge in [-0.2, -0.15) is 0 Å². The minimum absolute atomic E-state index is 0.862. The Kier molecular flexibility index (Phi) is 15.6. The van der Waals surface area contributed by atoms with E-state index in [2.05, 4.69) is 434 Å². The first kappa shape index (κ1) is 66.4. The maximum Gasteiger partial charge on any atom is 0.159 e. The molecule has 0 aliphatic heterocycles. The van der Waals surface area contributed by atoms with Crippen molar-refractivity contribution in [3.05, 3.63) is 425 Å². The number of anilines is 6. The van der Waals surface area contributed by atoms with Crippen LogP contribution in [0.3, 0.4) is 0 Å². The molecule has 0 saturated heterocycles. The van der Waals surface area contributed by atoms with Gasteiger partial charge >= 0.3 is 0 Å². The lowest BCUT2D eigenvalue weighted by Crippen LogP contribution is -2.10. The fraction of sp³-hybridized carbons (Fsp3) is 0. The SMILES string of the molecule is c1cc(-c2cc3ccccc3c3ccccc23)cc(N(c2ccc(-c3ccc4c(ccc5ccccc54)c3)cc2)c2cccc3c2oc2c4ccccc4ccc32)c1.c1ccc2c(c1)cc(-c1ccc(N(c3ccc(-c4cc5ccccc5c5ccccc45)cc3)c3cccc4c3oc3c5ccccc5ccc43)cc1)c1ccccc12. The molecule has 4 heteroatoms. The zero-order chi connectivity index (χ0) is 76.3. The van der Waals surface area contributed by atoms with Gasteiger partial charge in [-0.25, -0.2) is 0 Å². The molecule has 2 aromatic heterocycles. The lowest BCUT2D eigenvalue weighted by Gasteiger charge is -2.26. The molecule has 24 aromatic rings. The molecule has 0 unspecified atom stereocenters. The minimum atomic E-state index is 0.862. The highest BCUT2D eigenvalue weighted by Crippen LogP contribution is 2.49. The third kappa shape index (κ3) is 11.1. The number of benzene rings is 22. The van der Waals surface area contributed by atoms with Gasteiger partial charge in [0.2, 0.25) is 0 Å². The molecule has 22 aromatic carbocycles. The standard InChI is InChI=1S/2C56H35NO/c1-6-17-45-36(12-1)28-33-51-50-22-11-23-54(56(50)58-55(45)51)57(41-29-24-37(25-30-41)52-34-39-13-2-4-15-43(39)46-18-7-9-20-48(46)52)42-31-26-38(27-32-42)53-35-40-14-3-5-16-44(40)47-19-8-10-21-49(47)53;1-4-16-45-37(11-1)23-24-42-33-39(28-31-47(42)45)36-25-29-43(30-26-36)57(54-22-10-21-51-52-32-27-38-12-2-6-18-48(38)55(52)58-56(51)54)44-15-9-14-40(34-44)53-35-41-13-3-5-17-46(41)49-19-7-8-20-50(49)53/h2*1-35H. The van der Waals surface area contributed by atoms with E-state index in [1.807, 2.05) is 0 Å². The van der Waals surface area contributed by atoms with E-state index in [0.717, 1.165) is 94.3 Å². The van der Waals surface area contributed by atoms with Gasteiger partial charge in [0.1, 0.15) is 11.2 Å². The lowest BCUT2D eigenvalue weighted by molar-refractivity contribution is 0.672. The molecule has 24 rings (SSSR count). The molecule has 0 bridgehead atoms. The molecule has 0 spiro atoms. The third-order valence-electron chi connectivity index (χ3n) is 24.0. The summed E-state index contributed by atoms with van der Waals surface area (Å²) < 4.78 is 13.9. The van der Waals surface area contributed by atoms with Gasteiger partial charge in [0.25, 0.3) is 0 Å². The quantitative estimate of drug-likeness (QED) is 0.128. The van der Waals surface area contributed by atoms with Gasteiger partial charge in [0.05, 0.1) is 11.4 Å². The van der Waals surface area contributed by atoms with Crippen molar-refractivity contribution in [2.75, 3.05) is 9.80 Å². The summed E-state index contributed by atoms with van der Waals surface area (Å²) in [6.45, 7) is 0. The predicted molar refractivity (Wildman–Crippen MR) is 494 cm³/mol. The van der Waals surface area contributed by atoms with Crippen LogP contribution in [0.1, 0.15) is 0 Å². The number of nitrogens with zero attached hydrogens (tertiary/aromatic N) is 2. The predicted octanol–water partition coefficient (Wildman–Crippen LogP) is 32.3. The maximum absolute atomic E-state index is 6.96. The Morgan fingerprint density at radius 2 is 0.422 bits per heavy atom. The highest BCUT2D eigenvalue weighted by atomic mass is 16.3. The summed E-state index contributed by atoms with van der Waals surface area (Å²) in [5.41, 5.74) is 19.3. The van der Waals surface area contributed by atoms with Gasteiger partial charge in [0, 0.05) is 55.1 Å². The van der Waals surface area contributed by atoms with Crippen LogP contribution in [0.4, 0.5) is 34.1 Å². The van der Waals surface area contributed by atoms with Crippen molar-refractivity contribution in [2.45, 2.75) is 0 Å². The van der Waals surface area contributed by atoms with E-state index >= 15 is 0 Å². The summed E-state index contributed by atoms with van der Waals surface area (Å²) in [4.78, 5) is 4.70. The van der Waals surface area contributed by atoms with Crippen LogP contribution in [0.25, 0.3) is 196 Å². The molecule has 0 atom stereocenters. The molecule has 0 fully saturated rings. The summed E-state index contributed by atoms with van der Waals surface area (Å²) in [7, 11) is 0. The van der Waals surface area contributed by atoms with Gasteiger partial charge in [0.15, 0.2) is 11.2 Å². The lowest BCUT2D eigenvalue weighted by atomic mass is 9.93. The number of hydrogen-bond acceptors (Lipinski definition) is 4. The Morgan fingerprint density at radius 3 is 0.871 bits per heavy atom. The van der Waals surface area contributed by atoms with Crippen LogP contribution >= 0.6 is 0 Å². The van der Waals surface area contributed by atoms with Crippen LogP contribution in [0.15, 0.2) is 433 Å². The summed E-state index contributed by atoms with van der Waals surface area (Å²) in [6.07, 6.45) is 0. The smallest absolute Gasteiger partial charge is 0.159 e. The summed E-state index contributed by atoms with van der Waals surface area (Å²) >= 11 is 0. The normalized spacial score (nSPS) is 11.8. The van der Waals surface area contributed by atoms with E-state index in [-0.39, 0.29) is 0 Å². The molecule has 0 N–H and O–H groups in total. The highest BCUT2D eigenvalue weighted by molar-refractivity contribution is 6.21. The summed E-state index contributed by atoms with van der Waals surface area (Å²) in [5, 5.41) is 29.1. The Morgan fingerprint density at radius 1 is 0.138 bits per heavy atom. The fourth-order valence-corrected chi connectivity index (χ4v) is 18.5. The molecular weight excluding hydrogens is 1410 g/mol. The van der Waals surface area contributed by atoms with Crippen LogP contribution in [0, 0.1) is 0 Å². The Bertz CT molecular complexity index is 7930. The van der Waals surface area contributed by atoms with E-state index in [9.17, 15) is 0 Å². The fourth-order valence-electron chi connectivity index (χ4n) is 18.5. The Labute approximate surface area is 669 Å². The molecule has 4 nitrogen and oxygen atoms in total. The second-order valence-electron chi connectivity index (χ2n) is 30.5. The third-order valence-corrected chi connectivity index (χ3v) is 24.0. The van der Waals surface area contributed by atoms with Crippen molar-refractivity contribution in [3.63, 3.8) is 0 Å². The molecule has 0 radical (unpaired) electrons. The Hall–Kier alpha value is -15.4. The van der Waals surface area contributed by atoms with Gasteiger partial charge < -0.3 is 18.6 Å². The Balaban J connectivity index is 0.000000137. The largest absolute Gasteiger partial charge is 0.453 e. The average molecular weight is 1480 g/mol. The van der Waals surface area contributed by atoms with Crippen molar-refractivity contribution in [1.29, 1.82) is 0 Å². The number of hydrogen-bond donors (Lipinski definition) is 0. The van der Waals surface area contributed by atoms with E-state index < -0.39 is 0 Å². The highest BCUT2D eigenvalue weighted by Gasteiger charge is 2.25. The zero-order valence-electron chi connectivity index (χ0n) is 63.1. The van der Waals surface area contributed by atoms with Gasteiger partial charge in [-0.05, 0) is 239 Å². The summed E-state index contributed by atoms with van der Waals surface area (Å²) in [5.74, 6) is 0. The van der Waals surface area contributed by atoms with Gasteiger partial charge in [-0.1, -0.05) is 328 Å². The molecule has 0 saturated carbocycles. The van der Waals surface area contributed by atoms with Crippen LogP contribution in [0.2, 0.25) is 0 Å². The van der Waals surface area contributed by atoms with Crippen molar-refractivity contribution in [2.24, 2.45) is 0 Å². The molecule has 540 valence electrons. The van der Waals surface area contributed by atoms with Crippen LogP contribution < -0.4 is 9.80 Å². The van der Waals surface area contributed by atoms with Gasteiger partial charge in [-0.15, -0.1) is 0 Å². The summed E-state index contributed by atoms with van der Waals surface area (Å²) in [6, 6.07) is 154. The molecule has 0 aliphatic carbocycles. The van der Waals surface area contributed by atoms with Crippen LogP contribution in [-0.2, 0) is 0 Å². The second-order valence-corrected chi connectivity index (χ2v) is 30.5. The van der Waals surface area contributed by atoms with E-state index in [1.54, 1.807) is 0 Å². The zero-order valence-corrected chi connectivity index (χ0v) is 63.1. The van der Waals surface area contributed by atoms with Crippen molar-refractivity contribution in [1.82, 2.24) is 0 Å². The average Bonchev–Trinajstić information content (AvgIpc) is 1.55. The van der Waals surface area contributed by atoms with Crippen LogP contribution in [0.5, 0.6) is 0 Å². The molecule has 2 heterocycles. The first-order valence-electron chi connectivity index (χ1n) is 39.8. The van der Waals surface area contributed by atoms with Crippen molar-refractivity contribution >= 4 is 186 Å². The monoisotopic (exact) mass is 1470 g/mol. The first-order chi connectivity index (χ1) is 57.5. The minimum Gasteiger partial charge on any atom is -0.453 e. The number of rotatable bonds is 10. The number of fused-ring (bicyclic) bond motifs is 22. The van der Waals surface area contributed by atoms with E-state index in [1.165, 1.54) is 136 Å². The van der Waals surface area contributed by atoms with E-state index in [0.29, 0.717) is 0 Å². The maximum atomic E-state index is 6.96. The molecule has 0 aliphatic rings. The number of furan rings is 2. The van der Waals surface area contributed by atoms with Crippen molar-refractivity contribution < 1.29 is 8.83 Å². The van der Waals surface area contributed by atoms with Gasteiger partial charge in [-0.3, -0.25) is 0 Å². The van der Waals surface area contributed by atoms with Crippen molar-refractivity contribution in [3.8, 4) is 44.5 Å². The topological polar surface area (TPSA) is 32.8 Å². The number of para-hydroxylation sites is 2. The first-order valence-corrected chi connectivity index (χ1v) is 39.8. The van der Waals surface area contributed by atoms with E-state index in [4.69, 9.17) is 8.83 Å². The molecule has 116 heavy (non-hydrogen) atoms. The molecule has 0 amide bonds.